The molecule has 1 aromatic heterocycles. The smallest absolute Gasteiger partial charge is 0.357 e. The quantitative estimate of drug-likeness (QED) is 0.764. The highest BCUT2D eigenvalue weighted by atomic mass is 32.2. The van der Waals surface area contributed by atoms with Crippen molar-refractivity contribution in [3.8, 4) is 0 Å². The monoisotopic (exact) mass is 377 g/mol. The molecule has 1 amide bonds. The van der Waals surface area contributed by atoms with E-state index in [1.165, 1.54) is 32.4 Å². The van der Waals surface area contributed by atoms with Crippen molar-refractivity contribution in [2.75, 3.05) is 26.0 Å². The van der Waals surface area contributed by atoms with Crippen molar-refractivity contribution in [1.82, 2.24) is 9.29 Å². The Hall–Kier alpha value is -2.78. The first kappa shape index (κ1) is 19.5. The van der Waals surface area contributed by atoms with Gasteiger partial charge in [0, 0.05) is 26.0 Å². The highest BCUT2D eigenvalue weighted by Crippen LogP contribution is 2.22. The number of anilines is 1. The first-order valence-corrected chi connectivity index (χ1v) is 9.07. The van der Waals surface area contributed by atoms with Crippen LogP contribution in [-0.4, -0.2) is 50.3 Å². The van der Waals surface area contributed by atoms with Crippen molar-refractivity contribution in [3.05, 3.63) is 53.9 Å². The second-order valence-corrected chi connectivity index (χ2v) is 7.73. The largest absolute Gasteiger partial charge is 0.451 e. The second-order valence-electron chi connectivity index (χ2n) is 5.61. The van der Waals surface area contributed by atoms with E-state index in [1.807, 2.05) is 0 Å². The molecule has 0 aliphatic heterocycles. The summed E-state index contributed by atoms with van der Waals surface area (Å²) in [5.74, 6) is -1.31. The van der Waals surface area contributed by atoms with Gasteiger partial charge in [-0.2, -0.15) is 0 Å². The number of sulfonamides is 1. The molecule has 0 aliphatic carbocycles. The Morgan fingerprint density at radius 2 is 1.92 bits per heavy atom. The van der Waals surface area contributed by atoms with Crippen molar-refractivity contribution < 1.29 is 22.7 Å². The molecule has 0 saturated carbocycles. The number of nitrogens with one attached hydrogen (secondary N) is 1. The van der Waals surface area contributed by atoms with Crippen molar-refractivity contribution in [3.63, 3.8) is 0 Å². The van der Waals surface area contributed by atoms with Gasteiger partial charge in [-0.3, -0.25) is 4.79 Å². The lowest BCUT2D eigenvalue weighted by molar-refractivity contribution is -0.119. The third-order valence-electron chi connectivity index (χ3n) is 3.44. The topological polar surface area (TPSA) is 106 Å². The molecule has 138 valence electrons. The van der Waals surface area contributed by atoms with Crippen LogP contribution >= 0.6 is 0 Å². The number of rotatable bonds is 6. The molecule has 26 heavy (non-hydrogen) atoms. The predicted octanol–water partition coefficient (Wildman–Crippen LogP) is 1.44. The van der Waals surface area contributed by atoms with E-state index in [0.29, 0.717) is 5.56 Å². The number of aryl methyl sites for hydroxylation is 1. The maximum Gasteiger partial charge on any atom is 0.357 e. The maximum atomic E-state index is 12.3. The molecule has 0 unspecified atom stereocenters. The minimum Gasteiger partial charge on any atom is -0.451 e. The molecule has 0 saturated heterocycles. The number of amides is 1. The van der Waals surface area contributed by atoms with Gasteiger partial charge in [0.2, 0.25) is 10.0 Å². The summed E-state index contributed by atoms with van der Waals surface area (Å²) in [6.45, 7) is 1.15. The van der Waals surface area contributed by atoms with Gasteiger partial charge >= 0.3 is 5.97 Å². The van der Waals surface area contributed by atoms with Crippen LogP contribution < -0.4 is 5.32 Å². The first-order chi connectivity index (χ1) is 12.2. The molecule has 1 N–H and O–H groups in total. The van der Waals surface area contributed by atoms with E-state index < -0.39 is 28.5 Å². The van der Waals surface area contributed by atoms with Gasteiger partial charge in [0.1, 0.15) is 5.69 Å². The highest BCUT2D eigenvalue weighted by Gasteiger charge is 2.20. The van der Waals surface area contributed by atoms with Crippen LogP contribution in [0.2, 0.25) is 0 Å². The Labute approximate surface area is 151 Å². The van der Waals surface area contributed by atoms with Crippen molar-refractivity contribution in [1.29, 1.82) is 0 Å². The SMILES string of the molecule is Cc1ccc(NC(=O)COC(=O)c2ccccn2)cc1S(=O)(=O)N(C)C. The highest BCUT2D eigenvalue weighted by molar-refractivity contribution is 7.89. The number of carbonyl (C=O) groups excluding carboxylic acids is 2. The fourth-order valence-corrected chi connectivity index (χ4v) is 3.18. The number of hydrogen-bond donors (Lipinski definition) is 1. The standard InChI is InChI=1S/C17H19N3O5S/c1-12-7-8-13(10-15(12)26(23,24)20(2)3)19-16(21)11-25-17(22)14-6-4-5-9-18-14/h4-10H,11H2,1-3H3,(H,19,21). The van der Waals surface area contributed by atoms with Crippen LogP contribution in [-0.2, 0) is 19.6 Å². The lowest BCUT2D eigenvalue weighted by Crippen LogP contribution is -2.24. The van der Waals surface area contributed by atoms with Crippen molar-refractivity contribution in [2.24, 2.45) is 0 Å². The number of esters is 1. The minimum absolute atomic E-state index is 0.0887. The summed E-state index contributed by atoms with van der Waals surface area (Å²) in [5, 5.41) is 2.51. The van der Waals surface area contributed by atoms with E-state index in [9.17, 15) is 18.0 Å². The van der Waals surface area contributed by atoms with E-state index >= 15 is 0 Å². The number of pyridine rings is 1. The summed E-state index contributed by atoms with van der Waals surface area (Å²) in [4.78, 5) is 27.6. The van der Waals surface area contributed by atoms with Crippen LogP contribution in [0.1, 0.15) is 16.1 Å². The molecule has 1 heterocycles. The third kappa shape index (κ3) is 4.64. The number of aromatic nitrogens is 1. The number of ether oxygens (including phenoxy) is 1. The van der Waals surface area contributed by atoms with E-state index in [0.717, 1.165) is 4.31 Å². The van der Waals surface area contributed by atoms with Crippen molar-refractivity contribution in [2.45, 2.75) is 11.8 Å². The van der Waals surface area contributed by atoms with E-state index in [1.54, 1.807) is 31.2 Å². The Morgan fingerprint density at radius 1 is 1.19 bits per heavy atom. The molecule has 2 aromatic rings. The summed E-state index contributed by atoms with van der Waals surface area (Å²) in [5.41, 5.74) is 0.934. The molecule has 0 fully saturated rings. The van der Waals surface area contributed by atoms with Gasteiger partial charge in [-0.1, -0.05) is 12.1 Å². The van der Waals surface area contributed by atoms with Crippen molar-refractivity contribution >= 4 is 27.6 Å². The summed E-state index contributed by atoms with van der Waals surface area (Å²) >= 11 is 0. The summed E-state index contributed by atoms with van der Waals surface area (Å²) in [6.07, 6.45) is 1.44. The van der Waals surface area contributed by atoms with Crippen LogP contribution in [0, 0.1) is 6.92 Å². The fraction of sp³-hybridized carbons (Fsp3) is 0.235. The maximum absolute atomic E-state index is 12.3. The number of carbonyl (C=O) groups is 2. The van der Waals surface area contributed by atoms with Gasteiger partial charge in [-0.15, -0.1) is 0 Å². The van der Waals surface area contributed by atoms with Gasteiger partial charge in [0.15, 0.2) is 6.61 Å². The van der Waals surface area contributed by atoms with Gasteiger partial charge in [0.05, 0.1) is 4.90 Å². The number of hydrogen-bond acceptors (Lipinski definition) is 6. The molecular formula is C17H19N3O5S. The number of nitrogens with zero attached hydrogens (tertiary/aromatic N) is 2. The Bertz CT molecular complexity index is 911. The van der Waals surface area contributed by atoms with Gasteiger partial charge in [-0.25, -0.2) is 22.5 Å². The van der Waals surface area contributed by atoms with Crippen LogP contribution in [0.25, 0.3) is 0 Å². The van der Waals surface area contributed by atoms with Crippen LogP contribution in [0.5, 0.6) is 0 Å². The van der Waals surface area contributed by atoms with Crippen LogP contribution in [0.3, 0.4) is 0 Å². The molecule has 1 aromatic carbocycles. The summed E-state index contributed by atoms with van der Waals surface area (Å²) in [7, 11) is -0.784. The lowest BCUT2D eigenvalue weighted by atomic mass is 10.2. The molecule has 0 atom stereocenters. The average molecular weight is 377 g/mol. The molecule has 9 heteroatoms. The molecule has 0 radical (unpaired) electrons. The van der Waals surface area contributed by atoms with E-state index in [4.69, 9.17) is 4.74 Å². The Kier molecular flexibility index (Phi) is 6.06. The molecular weight excluding hydrogens is 358 g/mol. The zero-order chi connectivity index (χ0) is 19.3. The predicted molar refractivity (Wildman–Crippen MR) is 95.2 cm³/mol. The second kappa shape index (κ2) is 8.07. The average Bonchev–Trinajstić information content (AvgIpc) is 2.61. The normalized spacial score (nSPS) is 11.2. The summed E-state index contributed by atoms with van der Waals surface area (Å²) in [6, 6.07) is 9.28. The molecule has 0 aliphatic rings. The van der Waals surface area contributed by atoms with E-state index in [-0.39, 0.29) is 16.3 Å². The molecule has 0 spiro atoms. The fourth-order valence-electron chi connectivity index (χ4n) is 2.04. The van der Waals surface area contributed by atoms with Crippen LogP contribution in [0.4, 0.5) is 5.69 Å². The Morgan fingerprint density at radius 3 is 2.54 bits per heavy atom. The first-order valence-electron chi connectivity index (χ1n) is 7.63. The Balaban J connectivity index is 2.05. The third-order valence-corrected chi connectivity index (χ3v) is 5.40. The molecule has 0 bridgehead atoms. The zero-order valence-corrected chi connectivity index (χ0v) is 15.4. The lowest BCUT2D eigenvalue weighted by Gasteiger charge is -2.15. The van der Waals surface area contributed by atoms with Gasteiger partial charge in [0.25, 0.3) is 5.91 Å². The number of benzene rings is 1. The summed E-state index contributed by atoms with van der Waals surface area (Å²) < 4.78 is 30.6. The zero-order valence-electron chi connectivity index (χ0n) is 14.6. The molecule has 2 rings (SSSR count). The minimum atomic E-state index is -3.64. The van der Waals surface area contributed by atoms with E-state index in [2.05, 4.69) is 10.3 Å². The molecule has 8 nitrogen and oxygen atoms in total. The van der Waals surface area contributed by atoms with Gasteiger partial charge < -0.3 is 10.1 Å². The van der Waals surface area contributed by atoms with Crippen LogP contribution in [0.15, 0.2) is 47.5 Å². The van der Waals surface area contributed by atoms with Gasteiger partial charge in [-0.05, 0) is 36.8 Å².